The summed E-state index contributed by atoms with van der Waals surface area (Å²) in [5.41, 5.74) is 2.07. The molecule has 0 saturated heterocycles. The van der Waals surface area contributed by atoms with Crippen molar-refractivity contribution in [3.63, 3.8) is 0 Å². The molecule has 0 atom stereocenters. The molecule has 3 aromatic rings. The molecular formula is C17H15NO2S2. The van der Waals surface area contributed by atoms with E-state index >= 15 is 0 Å². The van der Waals surface area contributed by atoms with Gasteiger partial charge in [-0.2, -0.15) is 0 Å². The van der Waals surface area contributed by atoms with Crippen LogP contribution in [0.4, 0.5) is 5.00 Å². The van der Waals surface area contributed by atoms with Gasteiger partial charge in [0.2, 0.25) is 9.84 Å². The fraction of sp³-hybridized carbons (Fsp3) is 0.0588. The van der Waals surface area contributed by atoms with E-state index in [1.165, 1.54) is 11.3 Å². The Morgan fingerprint density at radius 3 is 2.05 bits per heavy atom. The Labute approximate surface area is 134 Å². The van der Waals surface area contributed by atoms with Crippen molar-refractivity contribution in [1.29, 1.82) is 0 Å². The summed E-state index contributed by atoms with van der Waals surface area (Å²) < 4.78 is 25.5. The first kappa shape index (κ1) is 14.8. The van der Waals surface area contributed by atoms with E-state index in [0.717, 1.165) is 16.1 Å². The van der Waals surface area contributed by atoms with Gasteiger partial charge in [-0.05, 0) is 35.4 Å². The number of nitrogens with one attached hydrogen (secondary N) is 1. The predicted octanol–water partition coefficient (Wildman–Crippen LogP) is 4.29. The number of hydrogen-bond acceptors (Lipinski definition) is 4. The normalized spacial score (nSPS) is 11.3. The maximum Gasteiger partial charge on any atom is 0.216 e. The Kier molecular flexibility index (Phi) is 4.00. The summed E-state index contributed by atoms with van der Waals surface area (Å²) in [4.78, 5) is 0.316. The minimum absolute atomic E-state index is 0.316. The van der Waals surface area contributed by atoms with Crippen LogP contribution in [0.3, 0.4) is 0 Å². The highest BCUT2D eigenvalue weighted by Gasteiger charge is 2.19. The molecule has 3 rings (SSSR count). The van der Waals surface area contributed by atoms with Crippen LogP contribution in [0.5, 0.6) is 0 Å². The monoisotopic (exact) mass is 329 g/mol. The lowest BCUT2D eigenvalue weighted by Crippen LogP contribution is -1.99. The van der Waals surface area contributed by atoms with Gasteiger partial charge in [-0.25, -0.2) is 8.42 Å². The Balaban J connectivity index is 1.95. The van der Waals surface area contributed by atoms with Gasteiger partial charge in [0.15, 0.2) is 0 Å². The highest BCUT2D eigenvalue weighted by molar-refractivity contribution is 7.93. The average molecular weight is 329 g/mol. The summed E-state index contributed by atoms with van der Waals surface area (Å²) in [6.45, 7) is 0. The summed E-state index contributed by atoms with van der Waals surface area (Å²) in [6.07, 6.45) is 0. The summed E-state index contributed by atoms with van der Waals surface area (Å²) in [6, 6.07) is 20.3. The smallest absolute Gasteiger partial charge is 0.216 e. The maximum absolute atomic E-state index is 12.6. The molecular weight excluding hydrogens is 314 g/mol. The number of thiophene rings is 1. The van der Waals surface area contributed by atoms with Crippen molar-refractivity contribution in [3.8, 4) is 11.1 Å². The van der Waals surface area contributed by atoms with E-state index in [-0.39, 0.29) is 0 Å². The largest absolute Gasteiger partial charge is 0.380 e. The molecule has 0 aliphatic rings. The Morgan fingerprint density at radius 1 is 0.818 bits per heavy atom. The molecule has 1 N–H and O–H groups in total. The number of rotatable bonds is 4. The zero-order valence-electron chi connectivity index (χ0n) is 12.0. The number of benzene rings is 2. The van der Waals surface area contributed by atoms with Gasteiger partial charge in [0.1, 0.15) is 4.21 Å². The van der Waals surface area contributed by atoms with E-state index in [4.69, 9.17) is 0 Å². The lowest BCUT2D eigenvalue weighted by Gasteiger charge is -2.05. The third kappa shape index (κ3) is 2.77. The van der Waals surface area contributed by atoms with Gasteiger partial charge in [-0.15, -0.1) is 11.3 Å². The fourth-order valence-electron chi connectivity index (χ4n) is 2.17. The van der Waals surface area contributed by atoms with Crippen molar-refractivity contribution in [1.82, 2.24) is 0 Å². The van der Waals surface area contributed by atoms with Crippen LogP contribution in [0.15, 0.2) is 75.8 Å². The Morgan fingerprint density at radius 2 is 1.45 bits per heavy atom. The van der Waals surface area contributed by atoms with Crippen molar-refractivity contribution in [2.24, 2.45) is 0 Å². The fourth-order valence-corrected chi connectivity index (χ4v) is 4.73. The average Bonchev–Trinajstić information content (AvgIpc) is 3.06. The van der Waals surface area contributed by atoms with Crippen molar-refractivity contribution in [2.75, 3.05) is 12.4 Å². The molecule has 1 aromatic heterocycles. The number of anilines is 1. The quantitative estimate of drug-likeness (QED) is 0.776. The lowest BCUT2D eigenvalue weighted by molar-refractivity contribution is 0.598. The lowest BCUT2D eigenvalue weighted by atomic mass is 10.1. The van der Waals surface area contributed by atoms with Gasteiger partial charge in [0.05, 0.1) is 9.90 Å². The summed E-state index contributed by atoms with van der Waals surface area (Å²) in [7, 11) is -1.67. The highest BCUT2D eigenvalue weighted by Crippen LogP contribution is 2.31. The van der Waals surface area contributed by atoms with Crippen LogP contribution in [0.2, 0.25) is 0 Å². The molecule has 3 nitrogen and oxygen atoms in total. The molecule has 22 heavy (non-hydrogen) atoms. The molecule has 2 aromatic carbocycles. The van der Waals surface area contributed by atoms with E-state index in [1.54, 1.807) is 31.3 Å². The molecule has 5 heteroatoms. The highest BCUT2D eigenvalue weighted by atomic mass is 32.2. The van der Waals surface area contributed by atoms with Crippen molar-refractivity contribution < 1.29 is 8.42 Å². The molecule has 0 saturated carbocycles. The topological polar surface area (TPSA) is 46.2 Å². The van der Waals surface area contributed by atoms with Gasteiger partial charge >= 0.3 is 0 Å². The van der Waals surface area contributed by atoms with E-state index in [0.29, 0.717) is 9.10 Å². The zero-order chi connectivity index (χ0) is 15.6. The maximum atomic E-state index is 12.6. The van der Waals surface area contributed by atoms with Gasteiger partial charge < -0.3 is 5.32 Å². The Bertz CT molecular complexity index is 867. The molecule has 0 aliphatic carbocycles. The molecule has 0 unspecified atom stereocenters. The van der Waals surface area contributed by atoms with Gasteiger partial charge in [-0.1, -0.05) is 42.5 Å². The summed E-state index contributed by atoms with van der Waals surface area (Å²) >= 11 is 1.24. The van der Waals surface area contributed by atoms with E-state index in [9.17, 15) is 8.42 Å². The van der Waals surface area contributed by atoms with Crippen LogP contribution in [0, 0.1) is 0 Å². The second-order valence-electron chi connectivity index (χ2n) is 4.76. The van der Waals surface area contributed by atoms with Gasteiger partial charge in [0, 0.05) is 7.05 Å². The molecule has 0 radical (unpaired) electrons. The molecule has 0 spiro atoms. The zero-order valence-corrected chi connectivity index (χ0v) is 13.6. The van der Waals surface area contributed by atoms with Crippen LogP contribution in [-0.2, 0) is 9.84 Å². The molecule has 0 fully saturated rings. The second kappa shape index (κ2) is 5.94. The summed E-state index contributed by atoms with van der Waals surface area (Å²) in [5.74, 6) is 0. The first-order chi connectivity index (χ1) is 10.6. The van der Waals surface area contributed by atoms with Crippen LogP contribution in [0.1, 0.15) is 0 Å². The van der Waals surface area contributed by atoms with Gasteiger partial charge in [0.25, 0.3) is 0 Å². The summed E-state index contributed by atoms with van der Waals surface area (Å²) in [5, 5.41) is 3.79. The minimum Gasteiger partial charge on any atom is -0.380 e. The van der Waals surface area contributed by atoms with Crippen molar-refractivity contribution in [2.45, 2.75) is 9.10 Å². The van der Waals surface area contributed by atoms with E-state index < -0.39 is 9.84 Å². The van der Waals surface area contributed by atoms with Gasteiger partial charge in [-0.3, -0.25) is 0 Å². The molecule has 0 aliphatic heterocycles. The first-order valence-electron chi connectivity index (χ1n) is 6.79. The SMILES string of the molecule is CNc1ccc(S(=O)(=O)c2ccc(-c3ccccc3)cc2)s1. The first-order valence-corrected chi connectivity index (χ1v) is 9.09. The standard InChI is InChI=1S/C17H15NO2S2/c1-18-16-11-12-17(21-16)22(19,20)15-9-7-14(8-10-15)13-5-3-2-4-6-13/h2-12,18H,1H3. The Hall–Kier alpha value is -2.11. The molecule has 112 valence electrons. The van der Waals surface area contributed by atoms with E-state index in [2.05, 4.69) is 5.32 Å². The van der Waals surface area contributed by atoms with Crippen LogP contribution < -0.4 is 5.32 Å². The number of hydrogen-bond donors (Lipinski definition) is 1. The second-order valence-corrected chi connectivity index (χ2v) is 8.02. The van der Waals surface area contributed by atoms with Crippen LogP contribution >= 0.6 is 11.3 Å². The van der Waals surface area contributed by atoms with E-state index in [1.807, 2.05) is 42.5 Å². The van der Waals surface area contributed by atoms with Crippen molar-refractivity contribution in [3.05, 3.63) is 66.7 Å². The minimum atomic E-state index is -3.45. The third-order valence-electron chi connectivity index (χ3n) is 3.36. The van der Waals surface area contributed by atoms with Crippen LogP contribution in [0.25, 0.3) is 11.1 Å². The number of sulfone groups is 1. The molecule has 0 amide bonds. The third-order valence-corrected chi connectivity index (χ3v) is 6.73. The molecule has 1 heterocycles. The van der Waals surface area contributed by atoms with Crippen molar-refractivity contribution >= 4 is 26.2 Å². The predicted molar refractivity (Wildman–Crippen MR) is 91.2 cm³/mol. The molecule has 0 bridgehead atoms. The van der Waals surface area contributed by atoms with Crippen LogP contribution in [-0.4, -0.2) is 15.5 Å².